The lowest BCUT2D eigenvalue weighted by molar-refractivity contribution is 0.0251. The van der Waals surface area contributed by atoms with Crippen LogP contribution in [0.2, 0.25) is 0 Å². The molecule has 1 aliphatic carbocycles. The van der Waals surface area contributed by atoms with Crippen molar-refractivity contribution in [2.24, 2.45) is 5.92 Å². The smallest absolute Gasteiger partial charge is 0.0493 e. The number of hydrogen-bond acceptors (Lipinski definition) is 2. The maximum Gasteiger partial charge on any atom is 0.0493 e. The Kier molecular flexibility index (Phi) is 4.13. The summed E-state index contributed by atoms with van der Waals surface area (Å²) in [7, 11) is 0. The zero-order valence-electron chi connectivity index (χ0n) is 13.1. The van der Waals surface area contributed by atoms with Gasteiger partial charge in [0, 0.05) is 18.1 Å². The molecule has 1 aromatic carbocycles. The molecule has 20 heavy (non-hydrogen) atoms. The number of nitrogens with one attached hydrogen (secondary N) is 1. The second-order valence-corrected chi connectivity index (χ2v) is 6.89. The first-order chi connectivity index (χ1) is 9.65. The van der Waals surface area contributed by atoms with Gasteiger partial charge in [-0.2, -0.15) is 0 Å². The van der Waals surface area contributed by atoms with Crippen molar-refractivity contribution in [3.8, 4) is 0 Å². The largest absolute Gasteiger partial charge is 0.247 e. The molecule has 1 heterocycles. The van der Waals surface area contributed by atoms with Gasteiger partial charge in [0.25, 0.3) is 0 Å². The Morgan fingerprint density at radius 3 is 2.15 bits per heavy atom. The van der Waals surface area contributed by atoms with Crippen molar-refractivity contribution in [1.82, 2.24) is 10.4 Å². The second kappa shape index (κ2) is 5.87. The van der Waals surface area contributed by atoms with Gasteiger partial charge >= 0.3 is 0 Å². The van der Waals surface area contributed by atoms with E-state index in [9.17, 15) is 0 Å². The van der Waals surface area contributed by atoms with E-state index in [-0.39, 0.29) is 0 Å². The molecule has 0 aromatic heterocycles. The molecule has 1 aromatic rings. The maximum atomic E-state index is 3.89. The predicted octanol–water partition coefficient (Wildman–Crippen LogP) is 4.21. The molecule has 3 rings (SSSR count). The van der Waals surface area contributed by atoms with E-state index < -0.39 is 0 Å². The fourth-order valence-electron chi connectivity index (χ4n) is 3.49. The Morgan fingerprint density at radius 2 is 1.60 bits per heavy atom. The Morgan fingerprint density at radius 1 is 1.00 bits per heavy atom. The van der Waals surface area contributed by atoms with Gasteiger partial charge in [-0.25, -0.2) is 10.4 Å². The highest BCUT2D eigenvalue weighted by atomic mass is 15.5. The van der Waals surface area contributed by atoms with E-state index in [1.807, 2.05) is 0 Å². The molecule has 0 amide bonds. The van der Waals surface area contributed by atoms with E-state index in [4.69, 9.17) is 0 Å². The Bertz CT molecular complexity index is 425. The average molecular weight is 272 g/mol. The summed E-state index contributed by atoms with van der Waals surface area (Å²) in [5.74, 6) is 0.832. The van der Waals surface area contributed by atoms with Gasteiger partial charge in [-0.05, 0) is 57.9 Å². The van der Waals surface area contributed by atoms with Crippen LogP contribution in [0.25, 0.3) is 0 Å². The molecule has 0 bridgehead atoms. The number of rotatable bonds is 4. The van der Waals surface area contributed by atoms with E-state index in [1.165, 1.54) is 43.2 Å². The first-order valence-electron chi connectivity index (χ1n) is 8.26. The SMILES string of the molecule is Cc1ccc(C(NN2C(C)CCCC2C)C2CC2)cc1. The standard InChI is InChI=1S/C18H28N2/c1-13-7-9-16(10-8-13)18(17-11-12-17)19-20-14(2)5-4-6-15(20)3/h7-10,14-15,17-19H,4-6,11-12H2,1-3H3. The lowest BCUT2D eigenvalue weighted by Gasteiger charge is -2.41. The summed E-state index contributed by atoms with van der Waals surface area (Å²) < 4.78 is 0. The minimum absolute atomic E-state index is 0.513. The lowest BCUT2D eigenvalue weighted by Crippen LogP contribution is -2.53. The minimum Gasteiger partial charge on any atom is -0.247 e. The second-order valence-electron chi connectivity index (χ2n) is 6.89. The normalized spacial score (nSPS) is 29.4. The van der Waals surface area contributed by atoms with Gasteiger partial charge < -0.3 is 0 Å². The number of hydrogen-bond donors (Lipinski definition) is 1. The van der Waals surface area contributed by atoms with Crippen molar-refractivity contribution in [3.05, 3.63) is 35.4 Å². The molecule has 1 aliphatic heterocycles. The van der Waals surface area contributed by atoms with Crippen LogP contribution in [-0.4, -0.2) is 17.1 Å². The van der Waals surface area contributed by atoms with Gasteiger partial charge in [0.05, 0.1) is 0 Å². The quantitative estimate of drug-likeness (QED) is 0.883. The number of hydrazine groups is 1. The molecule has 2 aliphatic rings. The third-order valence-electron chi connectivity index (χ3n) is 5.01. The predicted molar refractivity (Wildman–Crippen MR) is 84.4 cm³/mol. The molecule has 2 fully saturated rings. The highest BCUT2D eigenvalue weighted by Gasteiger charge is 2.35. The third-order valence-corrected chi connectivity index (χ3v) is 5.01. The molecule has 2 nitrogen and oxygen atoms in total. The highest BCUT2D eigenvalue weighted by Crippen LogP contribution is 2.41. The maximum absolute atomic E-state index is 3.89. The molecule has 3 unspecified atom stereocenters. The van der Waals surface area contributed by atoms with Gasteiger partial charge in [-0.15, -0.1) is 0 Å². The molecule has 0 radical (unpaired) electrons. The van der Waals surface area contributed by atoms with E-state index in [0.29, 0.717) is 18.1 Å². The van der Waals surface area contributed by atoms with Crippen LogP contribution in [0.15, 0.2) is 24.3 Å². The number of aryl methyl sites for hydroxylation is 1. The number of benzene rings is 1. The van der Waals surface area contributed by atoms with Crippen molar-refractivity contribution in [3.63, 3.8) is 0 Å². The summed E-state index contributed by atoms with van der Waals surface area (Å²) in [5, 5.41) is 2.53. The molecule has 3 atom stereocenters. The lowest BCUT2D eigenvalue weighted by atomic mass is 9.98. The van der Waals surface area contributed by atoms with E-state index in [1.54, 1.807) is 0 Å². The first kappa shape index (κ1) is 14.1. The fourth-order valence-corrected chi connectivity index (χ4v) is 3.49. The zero-order chi connectivity index (χ0) is 14.1. The van der Waals surface area contributed by atoms with Crippen molar-refractivity contribution in [2.45, 2.75) is 71.0 Å². The van der Waals surface area contributed by atoms with E-state index in [0.717, 1.165) is 5.92 Å². The monoisotopic (exact) mass is 272 g/mol. The minimum atomic E-state index is 0.513. The van der Waals surface area contributed by atoms with Crippen LogP contribution in [0.5, 0.6) is 0 Å². The van der Waals surface area contributed by atoms with Crippen LogP contribution >= 0.6 is 0 Å². The van der Waals surface area contributed by atoms with Gasteiger partial charge in [-0.3, -0.25) is 0 Å². The topological polar surface area (TPSA) is 15.3 Å². The molecule has 1 N–H and O–H groups in total. The van der Waals surface area contributed by atoms with Crippen LogP contribution < -0.4 is 5.43 Å². The molecule has 110 valence electrons. The molecule has 2 heteroatoms. The number of nitrogens with zero attached hydrogens (tertiary/aromatic N) is 1. The van der Waals surface area contributed by atoms with Gasteiger partial charge in [0.15, 0.2) is 0 Å². The highest BCUT2D eigenvalue weighted by molar-refractivity contribution is 5.25. The molecular formula is C18H28N2. The van der Waals surface area contributed by atoms with Crippen LogP contribution in [0.4, 0.5) is 0 Å². The van der Waals surface area contributed by atoms with Crippen LogP contribution in [0.1, 0.15) is 63.1 Å². The summed E-state index contributed by atoms with van der Waals surface area (Å²) in [6.07, 6.45) is 6.77. The summed E-state index contributed by atoms with van der Waals surface area (Å²) in [4.78, 5) is 0. The molecule has 1 saturated carbocycles. The van der Waals surface area contributed by atoms with Crippen LogP contribution in [-0.2, 0) is 0 Å². The van der Waals surface area contributed by atoms with Crippen LogP contribution in [0.3, 0.4) is 0 Å². The fraction of sp³-hybridized carbons (Fsp3) is 0.667. The van der Waals surface area contributed by atoms with E-state index >= 15 is 0 Å². The van der Waals surface area contributed by atoms with Crippen molar-refractivity contribution >= 4 is 0 Å². The van der Waals surface area contributed by atoms with Crippen molar-refractivity contribution in [2.75, 3.05) is 0 Å². The van der Waals surface area contributed by atoms with Gasteiger partial charge in [0.2, 0.25) is 0 Å². The van der Waals surface area contributed by atoms with Crippen molar-refractivity contribution < 1.29 is 0 Å². The van der Waals surface area contributed by atoms with Gasteiger partial charge in [0.1, 0.15) is 0 Å². The van der Waals surface area contributed by atoms with Gasteiger partial charge in [-0.1, -0.05) is 36.2 Å². The summed E-state index contributed by atoms with van der Waals surface area (Å²) in [6.45, 7) is 6.89. The first-order valence-corrected chi connectivity index (χ1v) is 8.26. The Balaban J connectivity index is 1.75. The molecule has 0 spiro atoms. The Labute approximate surface area is 123 Å². The summed E-state index contributed by atoms with van der Waals surface area (Å²) >= 11 is 0. The summed E-state index contributed by atoms with van der Waals surface area (Å²) in [6, 6.07) is 10.9. The number of piperidine rings is 1. The Hall–Kier alpha value is -0.860. The average Bonchev–Trinajstić information content (AvgIpc) is 3.24. The van der Waals surface area contributed by atoms with Crippen LogP contribution in [0, 0.1) is 12.8 Å². The zero-order valence-corrected chi connectivity index (χ0v) is 13.1. The van der Waals surface area contributed by atoms with Crippen molar-refractivity contribution in [1.29, 1.82) is 0 Å². The molecule has 1 saturated heterocycles. The summed E-state index contributed by atoms with van der Waals surface area (Å²) in [5.41, 5.74) is 6.70. The molecular weight excluding hydrogens is 244 g/mol. The third kappa shape index (κ3) is 3.07. The van der Waals surface area contributed by atoms with E-state index in [2.05, 4.69) is 55.5 Å².